The van der Waals surface area contributed by atoms with Crippen molar-refractivity contribution in [2.24, 2.45) is 0 Å². The van der Waals surface area contributed by atoms with Crippen molar-refractivity contribution < 1.29 is 18.7 Å². The largest absolute Gasteiger partial charge is 0.466 e. The minimum atomic E-state index is -0.628. The smallest absolute Gasteiger partial charge is 0.308 e. The van der Waals surface area contributed by atoms with Gasteiger partial charge in [-0.15, -0.1) is 0 Å². The summed E-state index contributed by atoms with van der Waals surface area (Å²) in [6, 6.07) is 6.76. The lowest BCUT2D eigenvalue weighted by Gasteiger charge is -2.18. The van der Waals surface area contributed by atoms with Gasteiger partial charge in [-0.3, -0.25) is 14.3 Å². The molecule has 7 heteroatoms. The quantitative estimate of drug-likeness (QED) is 0.782. The first kappa shape index (κ1) is 18.6. The van der Waals surface area contributed by atoms with Crippen molar-refractivity contribution >= 4 is 11.9 Å². The molecule has 0 fully saturated rings. The number of hydrogen-bond acceptors (Lipinski definition) is 4. The maximum absolute atomic E-state index is 13.1. The van der Waals surface area contributed by atoms with Crippen LogP contribution in [0, 0.1) is 5.82 Å². The summed E-state index contributed by atoms with van der Waals surface area (Å²) in [7, 11) is 0. The predicted octanol–water partition coefficient (Wildman–Crippen LogP) is 3.03. The SMILES string of the molecule is CCOC(=O)C[C@@H](NC(=O)c1ccn(C(C)C)n1)c1ccc(F)cc1. The minimum absolute atomic E-state index is 0.0455. The van der Waals surface area contributed by atoms with Crippen molar-refractivity contribution in [3.63, 3.8) is 0 Å². The lowest BCUT2D eigenvalue weighted by atomic mass is 10.0. The molecule has 2 aromatic rings. The van der Waals surface area contributed by atoms with Gasteiger partial charge in [-0.1, -0.05) is 12.1 Å². The number of nitrogens with zero attached hydrogens (tertiary/aromatic N) is 2. The summed E-state index contributed by atoms with van der Waals surface area (Å²) >= 11 is 0. The Bertz CT molecular complexity index is 725. The highest BCUT2D eigenvalue weighted by atomic mass is 19.1. The Morgan fingerprint density at radius 1 is 1.24 bits per heavy atom. The lowest BCUT2D eigenvalue weighted by molar-refractivity contribution is -0.143. The summed E-state index contributed by atoms with van der Waals surface area (Å²) in [5.74, 6) is -1.23. The van der Waals surface area contributed by atoms with Crippen LogP contribution < -0.4 is 5.32 Å². The van der Waals surface area contributed by atoms with Crippen LogP contribution in [-0.4, -0.2) is 28.3 Å². The third-order valence-corrected chi connectivity index (χ3v) is 3.62. The van der Waals surface area contributed by atoms with E-state index in [4.69, 9.17) is 4.74 Å². The highest BCUT2D eigenvalue weighted by Crippen LogP contribution is 2.19. The van der Waals surface area contributed by atoms with E-state index in [1.807, 2.05) is 13.8 Å². The van der Waals surface area contributed by atoms with Gasteiger partial charge in [-0.25, -0.2) is 4.39 Å². The van der Waals surface area contributed by atoms with E-state index in [0.717, 1.165) is 0 Å². The van der Waals surface area contributed by atoms with Gasteiger partial charge >= 0.3 is 5.97 Å². The number of carbonyl (C=O) groups is 2. The fraction of sp³-hybridized carbons (Fsp3) is 0.389. The van der Waals surface area contributed by atoms with Gasteiger partial charge < -0.3 is 10.1 Å². The van der Waals surface area contributed by atoms with Gasteiger partial charge in [0, 0.05) is 12.2 Å². The molecule has 1 atom stereocenters. The average Bonchev–Trinajstić information content (AvgIpc) is 3.05. The van der Waals surface area contributed by atoms with E-state index in [9.17, 15) is 14.0 Å². The van der Waals surface area contributed by atoms with Crippen LogP contribution in [-0.2, 0) is 9.53 Å². The number of carbonyl (C=O) groups excluding carboxylic acids is 2. The molecule has 0 aliphatic carbocycles. The van der Waals surface area contributed by atoms with Crippen LogP contribution in [0.1, 0.15) is 55.3 Å². The standard InChI is InChI=1S/C18H22FN3O3/c1-4-25-17(23)11-16(13-5-7-14(19)8-6-13)20-18(24)15-9-10-22(21-15)12(2)3/h5-10,12,16H,4,11H2,1-3H3,(H,20,24)/t16-/m1/s1. The molecule has 0 bridgehead atoms. The summed E-state index contributed by atoms with van der Waals surface area (Å²) in [4.78, 5) is 24.3. The molecule has 1 aromatic heterocycles. The molecular formula is C18H22FN3O3. The van der Waals surface area contributed by atoms with E-state index in [0.29, 0.717) is 5.56 Å². The number of halogens is 1. The maximum Gasteiger partial charge on any atom is 0.308 e. The van der Waals surface area contributed by atoms with Crippen LogP contribution in [0.25, 0.3) is 0 Å². The number of nitrogens with one attached hydrogen (secondary N) is 1. The molecular weight excluding hydrogens is 325 g/mol. The second kappa shape index (κ2) is 8.41. The molecule has 1 aromatic carbocycles. The number of amides is 1. The second-order valence-corrected chi connectivity index (χ2v) is 5.86. The summed E-state index contributed by atoms with van der Waals surface area (Å²) in [5.41, 5.74) is 0.871. The molecule has 1 heterocycles. The lowest BCUT2D eigenvalue weighted by Crippen LogP contribution is -2.31. The van der Waals surface area contributed by atoms with Crippen molar-refractivity contribution in [1.29, 1.82) is 0 Å². The van der Waals surface area contributed by atoms with E-state index < -0.39 is 17.9 Å². The number of esters is 1. The Balaban J connectivity index is 2.17. The van der Waals surface area contributed by atoms with Crippen LogP contribution in [0.3, 0.4) is 0 Å². The van der Waals surface area contributed by atoms with Crippen molar-refractivity contribution in [2.45, 2.75) is 39.3 Å². The highest BCUT2D eigenvalue weighted by Gasteiger charge is 2.21. The van der Waals surface area contributed by atoms with E-state index in [-0.39, 0.29) is 30.6 Å². The second-order valence-electron chi connectivity index (χ2n) is 5.86. The fourth-order valence-electron chi connectivity index (χ4n) is 2.31. The van der Waals surface area contributed by atoms with Crippen molar-refractivity contribution in [3.8, 4) is 0 Å². The molecule has 2 rings (SSSR count). The zero-order chi connectivity index (χ0) is 18.4. The summed E-state index contributed by atoms with van der Waals surface area (Å²) in [6.07, 6.45) is 1.67. The molecule has 0 saturated carbocycles. The number of benzene rings is 1. The third-order valence-electron chi connectivity index (χ3n) is 3.62. The van der Waals surface area contributed by atoms with Crippen LogP contribution in [0.15, 0.2) is 36.5 Å². The fourth-order valence-corrected chi connectivity index (χ4v) is 2.31. The summed E-state index contributed by atoms with van der Waals surface area (Å²) in [5, 5.41) is 6.99. The normalized spacial score (nSPS) is 12.0. The van der Waals surface area contributed by atoms with Gasteiger partial charge in [-0.05, 0) is 44.5 Å². The Labute approximate surface area is 146 Å². The number of aromatic nitrogens is 2. The highest BCUT2D eigenvalue weighted by molar-refractivity contribution is 5.92. The maximum atomic E-state index is 13.1. The number of hydrogen-bond donors (Lipinski definition) is 1. The van der Waals surface area contributed by atoms with Gasteiger partial charge in [0.25, 0.3) is 5.91 Å². The van der Waals surface area contributed by atoms with Gasteiger partial charge in [0.05, 0.1) is 19.1 Å². The molecule has 0 spiro atoms. The third kappa shape index (κ3) is 5.14. The van der Waals surface area contributed by atoms with Crippen LogP contribution in [0.2, 0.25) is 0 Å². The molecule has 6 nitrogen and oxygen atoms in total. The molecule has 0 aliphatic rings. The van der Waals surface area contributed by atoms with E-state index >= 15 is 0 Å². The Morgan fingerprint density at radius 2 is 1.92 bits per heavy atom. The molecule has 1 amide bonds. The molecule has 0 saturated heterocycles. The number of rotatable bonds is 7. The first-order valence-corrected chi connectivity index (χ1v) is 8.17. The van der Waals surface area contributed by atoms with Gasteiger partial charge in [0.15, 0.2) is 0 Å². The van der Waals surface area contributed by atoms with Crippen molar-refractivity contribution in [3.05, 3.63) is 53.6 Å². The van der Waals surface area contributed by atoms with Crippen molar-refractivity contribution in [2.75, 3.05) is 6.61 Å². The van der Waals surface area contributed by atoms with Gasteiger partial charge in [0.2, 0.25) is 0 Å². The molecule has 1 N–H and O–H groups in total. The van der Waals surface area contributed by atoms with Crippen LogP contribution in [0.4, 0.5) is 4.39 Å². The first-order chi connectivity index (χ1) is 11.9. The van der Waals surface area contributed by atoms with Gasteiger partial charge in [0.1, 0.15) is 11.5 Å². The summed E-state index contributed by atoms with van der Waals surface area (Å²) in [6.45, 7) is 5.87. The minimum Gasteiger partial charge on any atom is -0.466 e. The zero-order valence-electron chi connectivity index (χ0n) is 14.5. The van der Waals surface area contributed by atoms with E-state index in [1.165, 1.54) is 24.3 Å². The summed E-state index contributed by atoms with van der Waals surface area (Å²) < 4.78 is 19.8. The van der Waals surface area contributed by atoms with Gasteiger partial charge in [-0.2, -0.15) is 5.10 Å². The topological polar surface area (TPSA) is 73.2 Å². The molecule has 0 radical (unpaired) electrons. The number of ether oxygens (including phenoxy) is 1. The predicted molar refractivity (Wildman–Crippen MR) is 90.5 cm³/mol. The Hall–Kier alpha value is -2.70. The molecule has 25 heavy (non-hydrogen) atoms. The Morgan fingerprint density at radius 3 is 2.48 bits per heavy atom. The van der Waals surface area contributed by atoms with E-state index in [2.05, 4.69) is 10.4 Å². The Kier molecular flexibility index (Phi) is 6.27. The van der Waals surface area contributed by atoms with Crippen molar-refractivity contribution in [1.82, 2.24) is 15.1 Å². The molecule has 0 aliphatic heterocycles. The van der Waals surface area contributed by atoms with E-state index in [1.54, 1.807) is 23.9 Å². The van der Waals surface area contributed by atoms with Crippen LogP contribution >= 0.6 is 0 Å². The molecule has 134 valence electrons. The molecule has 0 unspecified atom stereocenters. The monoisotopic (exact) mass is 347 g/mol. The first-order valence-electron chi connectivity index (χ1n) is 8.17. The van der Waals surface area contributed by atoms with Crippen LogP contribution in [0.5, 0.6) is 0 Å². The average molecular weight is 347 g/mol. The zero-order valence-corrected chi connectivity index (χ0v) is 14.5.